The summed E-state index contributed by atoms with van der Waals surface area (Å²) >= 11 is 0. The molecule has 1 fully saturated rings. The van der Waals surface area contributed by atoms with Crippen molar-refractivity contribution < 1.29 is 9.47 Å². The van der Waals surface area contributed by atoms with Gasteiger partial charge in [0.05, 0.1) is 13.2 Å². The highest BCUT2D eigenvalue weighted by molar-refractivity contribution is 5.39. The van der Waals surface area contributed by atoms with Crippen molar-refractivity contribution in [1.29, 1.82) is 0 Å². The predicted octanol–water partition coefficient (Wildman–Crippen LogP) is 4.02. The molecular formula is C18H29NO2. The van der Waals surface area contributed by atoms with Crippen LogP contribution in [-0.2, 0) is 0 Å². The Morgan fingerprint density at radius 2 is 1.81 bits per heavy atom. The molecular weight excluding hydrogens is 262 g/mol. The van der Waals surface area contributed by atoms with Gasteiger partial charge in [-0.15, -0.1) is 0 Å². The third-order valence-electron chi connectivity index (χ3n) is 4.36. The number of nitrogens with one attached hydrogen (secondary N) is 1. The molecule has 0 aliphatic heterocycles. The lowest BCUT2D eigenvalue weighted by Gasteiger charge is -2.29. The minimum Gasteiger partial charge on any atom is -0.490 e. The van der Waals surface area contributed by atoms with E-state index in [0.717, 1.165) is 37.1 Å². The summed E-state index contributed by atoms with van der Waals surface area (Å²) in [4.78, 5) is 0. The number of hydrogen-bond acceptors (Lipinski definition) is 3. The van der Waals surface area contributed by atoms with Crippen LogP contribution in [0, 0.1) is 5.41 Å². The van der Waals surface area contributed by atoms with Crippen molar-refractivity contribution in [3.05, 3.63) is 24.3 Å². The van der Waals surface area contributed by atoms with Crippen molar-refractivity contribution in [2.24, 2.45) is 5.41 Å². The summed E-state index contributed by atoms with van der Waals surface area (Å²) in [5.74, 6) is 1.70. The van der Waals surface area contributed by atoms with Gasteiger partial charge in [-0.25, -0.2) is 0 Å². The Balaban J connectivity index is 1.81. The maximum atomic E-state index is 5.96. The zero-order valence-corrected chi connectivity index (χ0v) is 13.7. The van der Waals surface area contributed by atoms with E-state index in [0.29, 0.717) is 12.0 Å². The number of rotatable bonds is 10. The van der Waals surface area contributed by atoms with E-state index in [1.54, 1.807) is 0 Å². The third-order valence-corrected chi connectivity index (χ3v) is 4.36. The number of benzene rings is 1. The van der Waals surface area contributed by atoms with E-state index in [9.17, 15) is 0 Å². The topological polar surface area (TPSA) is 30.5 Å². The highest BCUT2D eigenvalue weighted by Crippen LogP contribution is 2.30. The Kier molecular flexibility index (Phi) is 5.92. The van der Waals surface area contributed by atoms with E-state index in [2.05, 4.69) is 19.2 Å². The lowest BCUT2D eigenvalue weighted by Crippen LogP contribution is -2.34. The van der Waals surface area contributed by atoms with Gasteiger partial charge in [-0.2, -0.15) is 0 Å². The summed E-state index contributed by atoms with van der Waals surface area (Å²) in [6, 6.07) is 8.69. The van der Waals surface area contributed by atoms with Crippen LogP contribution in [0.2, 0.25) is 0 Å². The lowest BCUT2D eigenvalue weighted by atomic mass is 9.84. The van der Waals surface area contributed by atoms with Crippen molar-refractivity contribution in [2.75, 3.05) is 19.8 Å². The molecule has 1 aromatic carbocycles. The fourth-order valence-electron chi connectivity index (χ4n) is 2.32. The zero-order valence-electron chi connectivity index (χ0n) is 13.7. The Morgan fingerprint density at radius 1 is 1.14 bits per heavy atom. The van der Waals surface area contributed by atoms with Crippen molar-refractivity contribution in [1.82, 2.24) is 5.32 Å². The molecule has 1 atom stereocenters. The first-order chi connectivity index (χ1) is 10.2. The monoisotopic (exact) mass is 291 g/mol. The third kappa shape index (κ3) is 5.24. The smallest absolute Gasteiger partial charge is 0.161 e. The van der Waals surface area contributed by atoms with Gasteiger partial charge < -0.3 is 14.8 Å². The van der Waals surface area contributed by atoms with Gasteiger partial charge in [0.1, 0.15) is 0 Å². The fourth-order valence-corrected chi connectivity index (χ4v) is 2.32. The molecule has 0 saturated heterocycles. The molecule has 3 nitrogen and oxygen atoms in total. The second-order valence-electron chi connectivity index (χ2n) is 6.30. The second kappa shape index (κ2) is 7.69. The number of ether oxygens (including phenoxy) is 2. The number of para-hydroxylation sites is 2. The number of hydrogen-bond donors (Lipinski definition) is 1. The molecule has 1 aromatic rings. The molecule has 0 radical (unpaired) electrons. The molecule has 1 unspecified atom stereocenters. The first-order valence-electron chi connectivity index (χ1n) is 8.25. The molecule has 118 valence electrons. The summed E-state index contributed by atoms with van der Waals surface area (Å²) in [5, 5.41) is 3.65. The summed E-state index contributed by atoms with van der Waals surface area (Å²) in [5.41, 5.74) is 0.309. The molecule has 3 heteroatoms. The Bertz CT molecular complexity index is 431. The largest absolute Gasteiger partial charge is 0.490 e. The van der Waals surface area contributed by atoms with Crippen LogP contribution in [0.15, 0.2) is 24.3 Å². The fraction of sp³-hybridized carbons (Fsp3) is 0.667. The Labute approximate surface area is 129 Å². The molecule has 0 heterocycles. The maximum Gasteiger partial charge on any atom is 0.161 e. The van der Waals surface area contributed by atoms with Crippen LogP contribution in [0.4, 0.5) is 0 Å². The van der Waals surface area contributed by atoms with Crippen LogP contribution in [0.25, 0.3) is 0 Å². The minimum atomic E-state index is 0.309. The van der Waals surface area contributed by atoms with Crippen LogP contribution in [0.1, 0.15) is 46.5 Å². The van der Waals surface area contributed by atoms with Gasteiger partial charge >= 0.3 is 0 Å². The molecule has 1 aliphatic rings. The van der Waals surface area contributed by atoms with Crippen molar-refractivity contribution in [3.63, 3.8) is 0 Å². The Morgan fingerprint density at radius 3 is 2.38 bits per heavy atom. The van der Waals surface area contributed by atoms with Gasteiger partial charge in [0, 0.05) is 12.6 Å². The van der Waals surface area contributed by atoms with Crippen LogP contribution < -0.4 is 14.8 Å². The van der Waals surface area contributed by atoms with E-state index >= 15 is 0 Å². The zero-order chi connectivity index (χ0) is 15.1. The predicted molar refractivity (Wildman–Crippen MR) is 87.1 cm³/mol. The lowest BCUT2D eigenvalue weighted by molar-refractivity contribution is 0.193. The standard InChI is InChI=1S/C18H29NO2/c1-4-18(3,14-19-15-10-11-15)12-13-21-17-9-7-6-8-16(17)20-5-2/h6-9,15,19H,4-5,10-14H2,1-3H3. The molecule has 2 rings (SSSR count). The summed E-state index contributed by atoms with van der Waals surface area (Å²) in [7, 11) is 0. The molecule has 1 aliphatic carbocycles. The SMILES string of the molecule is CCOc1ccccc1OCCC(C)(CC)CNC1CC1. The van der Waals surface area contributed by atoms with Crippen molar-refractivity contribution in [3.8, 4) is 11.5 Å². The molecule has 0 bridgehead atoms. The van der Waals surface area contributed by atoms with Gasteiger partial charge in [-0.1, -0.05) is 26.0 Å². The maximum absolute atomic E-state index is 5.96. The van der Waals surface area contributed by atoms with Crippen molar-refractivity contribution in [2.45, 2.75) is 52.5 Å². The molecule has 0 amide bonds. The summed E-state index contributed by atoms with van der Waals surface area (Å²) < 4.78 is 11.6. The summed E-state index contributed by atoms with van der Waals surface area (Å²) in [6.45, 7) is 9.10. The van der Waals surface area contributed by atoms with E-state index in [1.807, 2.05) is 31.2 Å². The van der Waals surface area contributed by atoms with Gasteiger partial charge in [0.15, 0.2) is 11.5 Å². The van der Waals surface area contributed by atoms with E-state index in [4.69, 9.17) is 9.47 Å². The molecule has 21 heavy (non-hydrogen) atoms. The average Bonchev–Trinajstić information content (AvgIpc) is 3.32. The van der Waals surface area contributed by atoms with Crippen molar-refractivity contribution >= 4 is 0 Å². The first kappa shape index (κ1) is 16.2. The minimum absolute atomic E-state index is 0.309. The van der Waals surface area contributed by atoms with E-state index in [-0.39, 0.29) is 0 Å². The quantitative estimate of drug-likeness (QED) is 0.706. The average molecular weight is 291 g/mol. The normalized spacial score (nSPS) is 17.3. The van der Waals surface area contributed by atoms with Crippen LogP contribution in [0.3, 0.4) is 0 Å². The first-order valence-corrected chi connectivity index (χ1v) is 8.25. The highest BCUT2D eigenvalue weighted by Gasteiger charge is 2.27. The van der Waals surface area contributed by atoms with Gasteiger partial charge in [-0.05, 0) is 50.2 Å². The van der Waals surface area contributed by atoms with Crippen LogP contribution in [-0.4, -0.2) is 25.8 Å². The summed E-state index contributed by atoms with van der Waals surface area (Å²) in [6.07, 6.45) is 4.92. The van der Waals surface area contributed by atoms with E-state index < -0.39 is 0 Å². The van der Waals surface area contributed by atoms with Gasteiger partial charge in [0.2, 0.25) is 0 Å². The highest BCUT2D eigenvalue weighted by atomic mass is 16.5. The van der Waals surface area contributed by atoms with Gasteiger partial charge in [0.25, 0.3) is 0 Å². The van der Waals surface area contributed by atoms with Crippen LogP contribution in [0.5, 0.6) is 11.5 Å². The molecule has 0 aromatic heterocycles. The van der Waals surface area contributed by atoms with Gasteiger partial charge in [-0.3, -0.25) is 0 Å². The molecule has 1 saturated carbocycles. The van der Waals surface area contributed by atoms with Crippen LogP contribution >= 0.6 is 0 Å². The second-order valence-corrected chi connectivity index (χ2v) is 6.30. The molecule has 1 N–H and O–H groups in total. The molecule has 0 spiro atoms. The van der Waals surface area contributed by atoms with E-state index in [1.165, 1.54) is 19.3 Å². The Hall–Kier alpha value is -1.22.